The van der Waals surface area contributed by atoms with Crippen LogP contribution in [0.3, 0.4) is 0 Å². The number of amides is 1. The summed E-state index contributed by atoms with van der Waals surface area (Å²) in [6.45, 7) is 5.52. The second-order valence-corrected chi connectivity index (χ2v) is 5.64. The van der Waals surface area contributed by atoms with Crippen LogP contribution in [0.4, 0.5) is 0 Å². The number of carbonyl (C=O) groups excluding carboxylic acids is 1. The van der Waals surface area contributed by atoms with E-state index in [9.17, 15) is 14.7 Å². The highest BCUT2D eigenvalue weighted by Crippen LogP contribution is 2.36. The van der Waals surface area contributed by atoms with Gasteiger partial charge in [-0.25, -0.2) is 0 Å². The van der Waals surface area contributed by atoms with Crippen molar-refractivity contribution >= 4 is 11.9 Å². The average molecular weight is 270 g/mol. The molecule has 3 N–H and O–H groups in total. The first-order chi connectivity index (χ1) is 8.96. The average Bonchev–Trinajstić information content (AvgIpc) is 2.39. The zero-order valence-electron chi connectivity index (χ0n) is 12.0. The van der Waals surface area contributed by atoms with Gasteiger partial charge in [-0.3, -0.25) is 9.59 Å². The van der Waals surface area contributed by atoms with Crippen LogP contribution in [-0.4, -0.2) is 41.5 Å². The summed E-state index contributed by atoms with van der Waals surface area (Å²) in [6, 6.07) is 0. The van der Waals surface area contributed by atoms with Crippen LogP contribution in [-0.2, 0) is 9.59 Å². The maximum absolute atomic E-state index is 12.1. The van der Waals surface area contributed by atoms with Crippen LogP contribution in [0.2, 0.25) is 0 Å². The lowest BCUT2D eigenvalue weighted by molar-refractivity contribution is -0.155. The third-order valence-electron chi connectivity index (χ3n) is 4.24. The molecule has 1 atom stereocenters. The summed E-state index contributed by atoms with van der Waals surface area (Å²) in [5.74, 6) is -0.661. The molecular formula is C14H26N2O3. The molecule has 5 heteroatoms. The third-order valence-corrected chi connectivity index (χ3v) is 4.24. The van der Waals surface area contributed by atoms with E-state index in [0.717, 1.165) is 6.42 Å². The minimum absolute atomic E-state index is 0.0616. The zero-order valence-corrected chi connectivity index (χ0v) is 12.0. The number of hydrogen-bond donors (Lipinski definition) is 2. The molecule has 1 aliphatic heterocycles. The molecule has 1 aliphatic rings. The van der Waals surface area contributed by atoms with E-state index in [1.165, 1.54) is 0 Å². The topological polar surface area (TPSA) is 83.6 Å². The number of piperidine rings is 1. The predicted octanol–water partition coefficient (Wildman–Crippen LogP) is 1.46. The van der Waals surface area contributed by atoms with Gasteiger partial charge in [-0.15, -0.1) is 0 Å². The summed E-state index contributed by atoms with van der Waals surface area (Å²) in [7, 11) is 0. The number of carbonyl (C=O) groups is 2. The number of hydrogen-bond acceptors (Lipinski definition) is 3. The van der Waals surface area contributed by atoms with Crippen LogP contribution in [0.5, 0.6) is 0 Å². The fourth-order valence-electron chi connectivity index (χ4n) is 2.89. The van der Waals surface area contributed by atoms with E-state index in [-0.39, 0.29) is 11.8 Å². The van der Waals surface area contributed by atoms with Crippen molar-refractivity contribution in [2.24, 2.45) is 17.1 Å². The first-order valence-corrected chi connectivity index (χ1v) is 7.19. The Morgan fingerprint density at radius 3 is 2.37 bits per heavy atom. The van der Waals surface area contributed by atoms with Gasteiger partial charge in [-0.05, 0) is 32.2 Å². The lowest BCUT2D eigenvalue weighted by atomic mass is 9.75. The van der Waals surface area contributed by atoms with Gasteiger partial charge in [0, 0.05) is 19.0 Å². The van der Waals surface area contributed by atoms with Crippen LogP contribution in [0.1, 0.15) is 46.0 Å². The monoisotopic (exact) mass is 270 g/mol. The maximum atomic E-state index is 12.1. The van der Waals surface area contributed by atoms with Crippen LogP contribution >= 0.6 is 0 Å². The molecule has 0 aromatic heterocycles. The lowest BCUT2D eigenvalue weighted by Gasteiger charge is -2.39. The Morgan fingerprint density at radius 1 is 1.37 bits per heavy atom. The van der Waals surface area contributed by atoms with Crippen molar-refractivity contribution in [3.63, 3.8) is 0 Å². The standard InChI is InChI=1S/C14H26N2O3/c1-3-5-14(13(18)19)6-9-16(10-7-14)12(17)11(2)4-8-15/h11H,3-10,15H2,1-2H3,(H,18,19). The molecule has 0 aromatic carbocycles. The molecule has 0 aliphatic carbocycles. The number of rotatable bonds is 6. The normalized spacial score (nSPS) is 20.1. The van der Waals surface area contributed by atoms with E-state index in [0.29, 0.717) is 45.3 Å². The molecule has 1 heterocycles. The Morgan fingerprint density at radius 2 is 1.95 bits per heavy atom. The van der Waals surface area contributed by atoms with Gasteiger partial charge >= 0.3 is 5.97 Å². The minimum Gasteiger partial charge on any atom is -0.481 e. The van der Waals surface area contributed by atoms with E-state index < -0.39 is 11.4 Å². The van der Waals surface area contributed by atoms with Gasteiger partial charge < -0.3 is 15.7 Å². The third kappa shape index (κ3) is 3.69. The van der Waals surface area contributed by atoms with E-state index >= 15 is 0 Å². The SMILES string of the molecule is CCCC1(C(=O)O)CCN(C(=O)C(C)CCN)CC1. The fraction of sp³-hybridized carbons (Fsp3) is 0.857. The second kappa shape index (κ2) is 6.89. The highest BCUT2D eigenvalue weighted by Gasteiger charge is 2.41. The molecule has 1 unspecified atom stereocenters. The summed E-state index contributed by atoms with van der Waals surface area (Å²) in [6.07, 6.45) is 3.38. The first kappa shape index (κ1) is 16.0. The van der Waals surface area contributed by atoms with Gasteiger partial charge in [0.2, 0.25) is 5.91 Å². The fourth-order valence-corrected chi connectivity index (χ4v) is 2.89. The summed E-state index contributed by atoms with van der Waals surface area (Å²) in [4.78, 5) is 25.4. The number of nitrogens with two attached hydrogens (primary N) is 1. The maximum Gasteiger partial charge on any atom is 0.309 e. The molecule has 19 heavy (non-hydrogen) atoms. The van der Waals surface area contributed by atoms with E-state index in [1.807, 2.05) is 13.8 Å². The van der Waals surface area contributed by atoms with Crippen LogP contribution < -0.4 is 5.73 Å². The molecule has 1 fully saturated rings. The Bertz CT molecular complexity index is 323. The molecule has 0 saturated carbocycles. The van der Waals surface area contributed by atoms with Crippen LogP contribution in [0.25, 0.3) is 0 Å². The molecule has 0 bridgehead atoms. The van der Waals surface area contributed by atoms with Crippen molar-refractivity contribution in [3.05, 3.63) is 0 Å². The quantitative estimate of drug-likeness (QED) is 0.765. The van der Waals surface area contributed by atoms with E-state index in [2.05, 4.69) is 0 Å². The lowest BCUT2D eigenvalue weighted by Crippen LogP contribution is -2.48. The molecule has 5 nitrogen and oxygen atoms in total. The van der Waals surface area contributed by atoms with Crippen molar-refractivity contribution < 1.29 is 14.7 Å². The van der Waals surface area contributed by atoms with Gasteiger partial charge in [0.25, 0.3) is 0 Å². The molecule has 1 saturated heterocycles. The van der Waals surface area contributed by atoms with E-state index in [4.69, 9.17) is 5.73 Å². The molecule has 0 aromatic rings. The number of aliphatic carboxylic acids is 1. The van der Waals surface area contributed by atoms with Gasteiger partial charge in [0.15, 0.2) is 0 Å². The summed E-state index contributed by atoms with van der Waals surface area (Å²) in [5.41, 5.74) is 4.85. The van der Waals surface area contributed by atoms with Crippen molar-refractivity contribution in [1.82, 2.24) is 4.90 Å². The predicted molar refractivity (Wildman–Crippen MR) is 73.6 cm³/mol. The molecular weight excluding hydrogens is 244 g/mol. The van der Waals surface area contributed by atoms with Crippen molar-refractivity contribution in [2.75, 3.05) is 19.6 Å². The number of nitrogens with zero attached hydrogens (tertiary/aromatic N) is 1. The zero-order chi connectivity index (χ0) is 14.5. The minimum atomic E-state index is -0.712. The van der Waals surface area contributed by atoms with Crippen LogP contribution in [0.15, 0.2) is 0 Å². The summed E-state index contributed by atoms with van der Waals surface area (Å²) in [5, 5.41) is 9.42. The largest absolute Gasteiger partial charge is 0.481 e. The van der Waals surface area contributed by atoms with Gasteiger partial charge in [-0.1, -0.05) is 20.3 Å². The number of carboxylic acids is 1. The Labute approximate surface area is 115 Å². The van der Waals surface area contributed by atoms with Gasteiger partial charge in [0.1, 0.15) is 0 Å². The van der Waals surface area contributed by atoms with Crippen molar-refractivity contribution in [3.8, 4) is 0 Å². The Balaban J connectivity index is 2.60. The summed E-state index contributed by atoms with van der Waals surface area (Å²) >= 11 is 0. The van der Waals surface area contributed by atoms with Crippen molar-refractivity contribution in [2.45, 2.75) is 46.0 Å². The highest BCUT2D eigenvalue weighted by atomic mass is 16.4. The smallest absolute Gasteiger partial charge is 0.309 e. The molecule has 0 spiro atoms. The van der Waals surface area contributed by atoms with E-state index in [1.54, 1.807) is 4.90 Å². The Kier molecular flexibility index (Phi) is 5.79. The van der Waals surface area contributed by atoms with Gasteiger partial charge in [-0.2, -0.15) is 0 Å². The van der Waals surface area contributed by atoms with Gasteiger partial charge in [0.05, 0.1) is 5.41 Å². The second-order valence-electron chi connectivity index (χ2n) is 5.64. The Hall–Kier alpha value is -1.10. The number of carboxylic acid groups (broad SMARTS) is 1. The molecule has 1 amide bonds. The first-order valence-electron chi connectivity index (χ1n) is 7.19. The molecule has 0 radical (unpaired) electrons. The van der Waals surface area contributed by atoms with Crippen molar-refractivity contribution in [1.29, 1.82) is 0 Å². The molecule has 110 valence electrons. The number of likely N-dealkylation sites (tertiary alicyclic amines) is 1. The summed E-state index contributed by atoms with van der Waals surface area (Å²) < 4.78 is 0. The van der Waals surface area contributed by atoms with Crippen LogP contribution in [0, 0.1) is 11.3 Å². The molecule has 1 rings (SSSR count). The highest BCUT2D eigenvalue weighted by molar-refractivity contribution is 5.79.